The highest BCUT2D eigenvalue weighted by Gasteiger charge is 2.44. The van der Waals surface area contributed by atoms with E-state index in [1.165, 1.54) is 16.8 Å². The van der Waals surface area contributed by atoms with Crippen molar-refractivity contribution in [3.05, 3.63) is 163 Å². The number of pyridine rings is 1. The predicted molar refractivity (Wildman–Crippen MR) is 198 cm³/mol. The number of aromatic nitrogens is 3. The van der Waals surface area contributed by atoms with Gasteiger partial charge in [0.25, 0.3) is 0 Å². The Balaban J connectivity index is 1.38. The minimum absolute atomic E-state index is 0.105. The van der Waals surface area contributed by atoms with Crippen molar-refractivity contribution in [3.8, 4) is 28.5 Å². The molecule has 0 bridgehead atoms. The smallest absolute Gasteiger partial charge is 0.119 e. The average Bonchev–Trinajstić information content (AvgIpc) is 3.62. The lowest BCUT2D eigenvalue weighted by molar-refractivity contribution is 0.293. The third kappa shape index (κ3) is 5.52. The first-order chi connectivity index (χ1) is 24.1. The standard InChI is InChI=1S/C43H38N6/c1-47-25-27-48(28-26-47)41-23-24-45-40-22-21-34(29-38(40)41)39-31-49(46-42(39)33-19-17-32(30-44)18-20-33)43(35-11-5-2-6-12-35,36-13-7-3-8-14-36)37-15-9-4-10-16-37/h2-15,17-24,29,31,37H,16,25-28H2,1H3. The second-order valence-corrected chi connectivity index (χ2v) is 13.0. The molecule has 0 amide bonds. The molecular weight excluding hydrogens is 601 g/mol. The van der Waals surface area contributed by atoms with Gasteiger partial charge in [-0.15, -0.1) is 0 Å². The fourth-order valence-corrected chi connectivity index (χ4v) is 7.61. The third-order valence-corrected chi connectivity index (χ3v) is 10.2. The fraction of sp³-hybridized carbons (Fsp3) is 0.186. The van der Waals surface area contributed by atoms with Gasteiger partial charge in [-0.2, -0.15) is 10.4 Å². The highest BCUT2D eigenvalue weighted by Crippen LogP contribution is 2.46. The van der Waals surface area contributed by atoms with Crippen LogP contribution in [0.25, 0.3) is 33.3 Å². The van der Waals surface area contributed by atoms with E-state index in [2.05, 4.69) is 143 Å². The van der Waals surface area contributed by atoms with Crippen molar-refractivity contribution >= 4 is 16.6 Å². The lowest BCUT2D eigenvalue weighted by atomic mass is 9.70. The van der Waals surface area contributed by atoms with Gasteiger partial charge in [-0.1, -0.05) is 103 Å². The first-order valence-electron chi connectivity index (χ1n) is 17.0. The number of allylic oxidation sites excluding steroid dienone is 4. The number of fused-ring (bicyclic) bond motifs is 1. The summed E-state index contributed by atoms with van der Waals surface area (Å²) in [5, 5.41) is 16.3. The van der Waals surface area contributed by atoms with Crippen LogP contribution in [-0.2, 0) is 5.54 Å². The molecule has 0 spiro atoms. The second-order valence-electron chi connectivity index (χ2n) is 13.0. The number of hydrogen-bond acceptors (Lipinski definition) is 5. The zero-order valence-corrected chi connectivity index (χ0v) is 27.7. The molecule has 4 aromatic carbocycles. The van der Waals surface area contributed by atoms with Crippen molar-refractivity contribution in [1.29, 1.82) is 5.26 Å². The second kappa shape index (κ2) is 13.0. The van der Waals surface area contributed by atoms with Crippen LogP contribution in [0.2, 0.25) is 0 Å². The van der Waals surface area contributed by atoms with E-state index in [9.17, 15) is 5.26 Å². The van der Waals surface area contributed by atoms with Crippen LogP contribution in [0.15, 0.2) is 146 Å². The average molecular weight is 639 g/mol. The van der Waals surface area contributed by atoms with E-state index in [1.807, 2.05) is 30.5 Å². The Bertz CT molecular complexity index is 2140. The van der Waals surface area contributed by atoms with Gasteiger partial charge in [0.15, 0.2) is 0 Å². The van der Waals surface area contributed by atoms with Gasteiger partial charge in [-0.05, 0) is 60.5 Å². The van der Waals surface area contributed by atoms with Gasteiger partial charge in [0.05, 0.1) is 17.1 Å². The molecule has 6 heteroatoms. The summed E-state index contributed by atoms with van der Waals surface area (Å²) in [4.78, 5) is 9.63. The molecule has 2 aromatic heterocycles. The maximum absolute atomic E-state index is 9.59. The zero-order valence-electron chi connectivity index (χ0n) is 27.7. The molecule has 1 aliphatic carbocycles. The topological polar surface area (TPSA) is 61.0 Å². The monoisotopic (exact) mass is 638 g/mol. The lowest BCUT2D eigenvalue weighted by Crippen LogP contribution is -2.44. The van der Waals surface area contributed by atoms with E-state index in [1.54, 1.807) is 0 Å². The van der Waals surface area contributed by atoms with Gasteiger partial charge in [0, 0.05) is 66.7 Å². The summed E-state index contributed by atoms with van der Waals surface area (Å²) in [6.07, 6.45) is 13.9. The molecule has 49 heavy (non-hydrogen) atoms. The van der Waals surface area contributed by atoms with Crippen LogP contribution < -0.4 is 4.90 Å². The van der Waals surface area contributed by atoms with E-state index in [0.717, 1.165) is 65.9 Å². The molecule has 6 nitrogen and oxygen atoms in total. The predicted octanol–water partition coefficient (Wildman–Crippen LogP) is 8.31. The molecule has 2 aliphatic rings. The fourth-order valence-electron chi connectivity index (χ4n) is 7.61. The first-order valence-corrected chi connectivity index (χ1v) is 17.0. The maximum atomic E-state index is 9.59. The minimum atomic E-state index is -0.632. The van der Waals surface area contributed by atoms with Crippen LogP contribution in [0.4, 0.5) is 5.69 Å². The number of nitriles is 1. The van der Waals surface area contributed by atoms with Crippen molar-refractivity contribution in [2.24, 2.45) is 5.92 Å². The summed E-state index contributed by atoms with van der Waals surface area (Å²) in [5.41, 5.74) is 8.49. The molecule has 1 saturated heterocycles. The summed E-state index contributed by atoms with van der Waals surface area (Å²) >= 11 is 0. The molecule has 1 fully saturated rings. The van der Waals surface area contributed by atoms with E-state index < -0.39 is 5.54 Å². The van der Waals surface area contributed by atoms with Gasteiger partial charge >= 0.3 is 0 Å². The molecule has 0 N–H and O–H groups in total. The normalized spacial score (nSPS) is 16.6. The molecule has 1 atom stereocenters. The Morgan fingerprint density at radius 3 is 2.12 bits per heavy atom. The van der Waals surface area contributed by atoms with Crippen molar-refractivity contribution in [1.82, 2.24) is 19.7 Å². The molecule has 1 aliphatic heterocycles. The van der Waals surface area contributed by atoms with E-state index in [4.69, 9.17) is 10.1 Å². The Morgan fingerprint density at radius 1 is 0.776 bits per heavy atom. The molecule has 240 valence electrons. The molecule has 6 aromatic rings. The molecule has 0 radical (unpaired) electrons. The van der Waals surface area contributed by atoms with Crippen molar-refractivity contribution < 1.29 is 0 Å². The van der Waals surface area contributed by atoms with Gasteiger partial charge in [-0.25, -0.2) is 0 Å². The van der Waals surface area contributed by atoms with Crippen LogP contribution >= 0.6 is 0 Å². The van der Waals surface area contributed by atoms with Crippen LogP contribution in [0.1, 0.15) is 23.1 Å². The minimum Gasteiger partial charge on any atom is -0.368 e. The Kier molecular flexibility index (Phi) is 8.12. The molecule has 1 unspecified atom stereocenters. The van der Waals surface area contributed by atoms with Crippen LogP contribution in [0.3, 0.4) is 0 Å². The molecule has 8 rings (SSSR count). The van der Waals surface area contributed by atoms with Gasteiger partial charge in [0.2, 0.25) is 0 Å². The number of piperazine rings is 1. The summed E-state index contributed by atoms with van der Waals surface area (Å²) in [5.74, 6) is 0.105. The summed E-state index contributed by atoms with van der Waals surface area (Å²) in [7, 11) is 2.19. The van der Waals surface area contributed by atoms with Crippen LogP contribution in [0, 0.1) is 17.2 Å². The van der Waals surface area contributed by atoms with Gasteiger partial charge in [-0.3, -0.25) is 9.67 Å². The number of rotatable bonds is 7. The largest absolute Gasteiger partial charge is 0.368 e. The molecule has 3 heterocycles. The quantitative estimate of drug-likeness (QED) is 0.176. The van der Waals surface area contributed by atoms with Gasteiger partial charge < -0.3 is 9.80 Å². The Morgan fingerprint density at radius 2 is 1.47 bits per heavy atom. The van der Waals surface area contributed by atoms with Crippen molar-refractivity contribution in [2.45, 2.75) is 12.0 Å². The zero-order chi connectivity index (χ0) is 33.2. The Labute approximate surface area is 287 Å². The van der Waals surface area contributed by atoms with Crippen LogP contribution in [0.5, 0.6) is 0 Å². The SMILES string of the molecule is CN1CCN(c2ccnc3ccc(-c4cn(C(c5ccccc5)(c5ccccc5)C5C=CC=CC5)nc4-c4ccc(C#N)cc4)cc23)CC1. The number of hydrogen-bond donors (Lipinski definition) is 0. The van der Waals surface area contributed by atoms with Crippen LogP contribution in [-0.4, -0.2) is 52.9 Å². The number of likely N-dealkylation sites (N-methyl/N-ethyl adjacent to an activating group) is 1. The van der Waals surface area contributed by atoms with Crippen molar-refractivity contribution in [2.75, 3.05) is 38.1 Å². The number of nitrogens with zero attached hydrogens (tertiary/aromatic N) is 6. The molecular formula is C43H38N6. The van der Waals surface area contributed by atoms with Crippen molar-refractivity contribution in [3.63, 3.8) is 0 Å². The highest BCUT2D eigenvalue weighted by atomic mass is 15.3. The first kappa shape index (κ1) is 30.6. The van der Waals surface area contributed by atoms with E-state index in [-0.39, 0.29) is 5.92 Å². The van der Waals surface area contributed by atoms with E-state index >= 15 is 0 Å². The third-order valence-electron chi connectivity index (χ3n) is 10.2. The highest BCUT2D eigenvalue weighted by molar-refractivity contribution is 5.96. The van der Waals surface area contributed by atoms with Gasteiger partial charge in [0.1, 0.15) is 11.2 Å². The summed E-state index contributed by atoms with van der Waals surface area (Å²) in [6.45, 7) is 4.03. The summed E-state index contributed by atoms with van der Waals surface area (Å²) in [6, 6.07) is 40.4. The van der Waals surface area contributed by atoms with E-state index in [0.29, 0.717) is 5.56 Å². The number of anilines is 1. The lowest BCUT2D eigenvalue weighted by Gasteiger charge is -2.41. The number of benzene rings is 4. The summed E-state index contributed by atoms with van der Waals surface area (Å²) < 4.78 is 2.21. The maximum Gasteiger partial charge on any atom is 0.119 e. The molecule has 0 saturated carbocycles. The Hall–Kier alpha value is -5.77.